The Balaban J connectivity index is 2.44. The average molecular weight is 312 g/mol. The molecule has 2 aromatic rings. The molecular weight excluding hydrogens is 301 g/mol. The molecule has 0 amide bonds. The fourth-order valence-corrected chi connectivity index (χ4v) is 2.58. The van der Waals surface area contributed by atoms with Crippen LogP contribution in [0, 0.1) is 5.82 Å². The molecule has 0 radical (unpaired) electrons. The van der Waals surface area contributed by atoms with Crippen molar-refractivity contribution in [3.05, 3.63) is 44.4 Å². The van der Waals surface area contributed by atoms with E-state index in [1.165, 1.54) is 12.1 Å². The Kier molecular flexibility index (Phi) is 2.75. The largest absolute Gasteiger partial charge is 0.392 e. The summed E-state index contributed by atoms with van der Waals surface area (Å²) in [4.78, 5) is 12.0. The first-order valence-corrected chi connectivity index (χ1v) is 6.55. The highest BCUT2D eigenvalue weighted by Crippen LogP contribution is 2.37. The summed E-state index contributed by atoms with van der Waals surface area (Å²) in [6.45, 7) is -0.266. The van der Waals surface area contributed by atoms with E-state index in [4.69, 9.17) is 0 Å². The summed E-state index contributed by atoms with van der Waals surface area (Å²) < 4.78 is 15.6. The molecule has 1 N–H and O–H groups in total. The monoisotopic (exact) mass is 311 g/mol. The molecule has 18 heavy (non-hydrogen) atoms. The minimum absolute atomic E-state index is 0.132. The third-order valence-corrected chi connectivity index (χ3v) is 3.87. The Morgan fingerprint density at radius 1 is 1.39 bits per heavy atom. The molecule has 1 saturated carbocycles. The highest BCUT2D eigenvalue weighted by molar-refractivity contribution is 9.10. The number of fused-ring (bicyclic) bond motifs is 1. The van der Waals surface area contributed by atoms with E-state index in [9.17, 15) is 14.3 Å². The van der Waals surface area contributed by atoms with Gasteiger partial charge < -0.3 is 9.67 Å². The number of hydrogen-bond acceptors (Lipinski definition) is 2. The molecular formula is C13H11BrFNO2. The van der Waals surface area contributed by atoms with E-state index < -0.39 is 5.82 Å². The van der Waals surface area contributed by atoms with Gasteiger partial charge in [0, 0.05) is 17.5 Å². The molecule has 0 bridgehead atoms. The molecule has 0 unspecified atom stereocenters. The lowest BCUT2D eigenvalue weighted by atomic mass is 10.1. The number of nitrogens with zero attached hydrogens (tertiary/aromatic N) is 1. The lowest BCUT2D eigenvalue weighted by Gasteiger charge is -2.12. The zero-order valence-corrected chi connectivity index (χ0v) is 11.1. The van der Waals surface area contributed by atoms with Gasteiger partial charge in [-0.15, -0.1) is 0 Å². The lowest BCUT2D eigenvalue weighted by Crippen LogP contribution is -2.20. The smallest absolute Gasteiger partial charge is 0.251 e. The summed E-state index contributed by atoms with van der Waals surface area (Å²) in [6.07, 6.45) is 1.95. The van der Waals surface area contributed by atoms with Crippen molar-refractivity contribution in [2.75, 3.05) is 0 Å². The Morgan fingerprint density at radius 3 is 2.72 bits per heavy atom. The van der Waals surface area contributed by atoms with Crippen LogP contribution in [-0.2, 0) is 6.61 Å². The first-order chi connectivity index (χ1) is 8.61. The van der Waals surface area contributed by atoms with Crippen LogP contribution in [0.15, 0.2) is 27.5 Å². The SMILES string of the molecule is O=c1cc(CO)c2cc(F)c(Br)cc2n1C1CC1. The first kappa shape index (κ1) is 11.9. The van der Waals surface area contributed by atoms with Gasteiger partial charge in [-0.05, 0) is 46.5 Å². The highest BCUT2D eigenvalue weighted by Gasteiger charge is 2.27. The van der Waals surface area contributed by atoms with Crippen LogP contribution in [0.5, 0.6) is 0 Å². The minimum Gasteiger partial charge on any atom is -0.392 e. The second kappa shape index (κ2) is 4.17. The number of hydrogen-bond donors (Lipinski definition) is 1. The number of aliphatic hydroxyl groups excluding tert-OH is 1. The van der Waals surface area contributed by atoms with Gasteiger partial charge in [0.15, 0.2) is 0 Å². The van der Waals surface area contributed by atoms with Gasteiger partial charge in [0.25, 0.3) is 5.56 Å². The average Bonchev–Trinajstić information content (AvgIpc) is 3.14. The van der Waals surface area contributed by atoms with Gasteiger partial charge in [0.2, 0.25) is 0 Å². The van der Waals surface area contributed by atoms with Crippen molar-refractivity contribution in [2.24, 2.45) is 0 Å². The molecule has 1 heterocycles. The first-order valence-electron chi connectivity index (χ1n) is 5.76. The van der Waals surface area contributed by atoms with Gasteiger partial charge in [0.1, 0.15) is 5.82 Å². The summed E-state index contributed by atoms with van der Waals surface area (Å²) >= 11 is 3.14. The summed E-state index contributed by atoms with van der Waals surface area (Å²) in [7, 11) is 0. The Labute approximate surface area is 111 Å². The molecule has 0 atom stereocenters. The molecule has 5 heteroatoms. The number of aliphatic hydroxyl groups is 1. The summed E-state index contributed by atoms with van der Waals surface area (Å²) in [5.41, 5.74) is 1.02. The predicted molar refractivity (Wildman–Crippen MR) is 70.1 cm³/mol. The van der Waals surface area contributed by atoms with Crippen molar-refractivity contribution in [3.63, 3.8) is 0 Å². The van der Waals surface area contributed by atoms with Gasteiger partial charge in [-0.1, -0.05) is 0 Å². The number of pyridine rings is 1. The number of rotatable bonds is 2. The Morgan fingerprint density at radius 2 is 2.11 bits per heavy atom. The Hall–Kier alpha value is -1.20. The van der Waals surface area contributed by atoms with Crippen LogP contribution in [0.3, 0.4) is 0 Å². The van der Waals surface area contributed by atoms with E-state index in [0.29, 0.717) is 20.9 Å². The number of benzene rings is 1. The second-order valence-electron chi connectivity index (χ2n) is 4.55. The van der Waals surface area contributed by atoms with Crippen LogP contribution in [0.1, 0.15) is 24.4 Å². The number of aromatic nitrogens is 1. The van der Waals surface area contributed by atoms with Crippen LogP contribution in [0.4, 0.5) is 4.39 Å². The molecule has 0 saturated heterocycles. The fourth-order valence-electron chi connectivity index (χ4n) is 2.25. The third kappa shape index (κ3) is 1.78. The Bertz CT molecular complexity index is 691. The molecule has 1 aromatic carbocycles. The topological polar surface area (TPSA) is 42.2 Å². The predicted octanol–water partition coefficient (Wildman–Crippen LogP) is 2.73. The molecule has 0 spiro atoms. The maximum Gasteiger partial charge on any atom is 0.251 e. The lowest BCUT2D eigenvalue weighted by molar-refractivity contribution is 0.283. The second-order valence-corrected chi connectivity index (χ2v) is 5.40. The zero-order valence-electron chi connectivity index (χ0n) is 9.49. The van der Waals surface area contributed by atoms with Gasteiger partial charge >= 0.3 is 0 Å². The zero-order chi connectivity index (χ0) is 12.9. The van der Waals surface area contributed by atoms with E-state index in [1.807, 2.05) is 0 Å². The van der Waals surface area contributed by atoms with E-state index in [1.54, 1.807) is 10.6 Å². The maximum absolute atomic E-state index is 13.6. The van der Waals surface area contributed by atoms with Crippen LogP contribution >= 0.6 is 15.9 Å². The summed E-state index contributed by atoms with van der Waals surface area (Å²) in [5, 5.41) is 9.88. The van der Waals surface area contributed by atoms with Crippen LogP contribution in [0.2, 0.25) is 0 Å². The fraction of sp³-hybridized carbons (Fsp3) is 0.308. The van der Waals surface area contributed by atoms with Crippen molar-refractivity contribution < 1.29 is 9.50 Å². The van der Waals surface area contributed by atoms with Crippen molar-refractivity contribution >= 4 is 26.8 Å². The van der Waals surface area contributed by atoms with E-state index >= 15 is 0 Å². The van der Waals surface area contributed by atoms with Crippen LogP contribution in [-0.4, -0.2) is 9.67 Å². The van der Waals surface area contributed by atoms with Crippen molar-refractivity contribution in [1.29, 1.82) is 0 Å². The summed E-state index contributed by atoms with van der Waals surface area (Å²) in [5.74, 6) is -0.391. The van der Waals surface area contributed by atoms with E-state index in [0.717, 1.165) is 12.8 Å². The van der Waals surface area contributed by atoms with Crippen molar-refractivity contribution in [2.45, 2.75) is 25.5 Å². The van der Waals surface area contributed by atoms with Gasteiger partial charge in [0.05, 0.1) is 16.6 Å². The molecule has 3 nitrogen and oxygen atoms in total. The van der Waals surface area contributed by atoms with Gasteiger partial charge in [-0.2, -0.15) is 0 Å². The maximum atomic E-state index is 13.6. The highest BCUT2D eigenvalue weighted by atomic mass is 79.9. The summed E-state index contributed by atoms with van der Waals surface area (Å²) in [6, 6.07) is 4.59. The molecule has 94 valence electrons. The molecule has 1 aliphatic carbocycles. The van der Waals surface area contributed by atoms with Crippen molar-refractivity contribution in [3.8, 4) is 0 Å². The molecule has 1 fully saturated rings. The van der Waals surface area contributed by atoms with Crippen LogP contribution < -0.4 is 5.56 Å². The van der Waals surface area contributed by atoms with Gasteiger partial charge in [-0.3, -0.25) is 4.79 Å². The van der Waals surface area contributed by atoms with Crippen molar-refractivity contribution in [1.82, 2.24) is 4.57 Å². The molecule has 0 aliphatic heterocycles. The van der Waals surface area contributed by atoms with E-state index in [2.05, 4.69) is 15.9 Å². The molecule has 1 aromatic heterocycles. The normalized spacial score (nSPS) is 15.3. The molecule has 1 aliphatic rings. The number of halogens is 2. The van der Waals surface area contributed by atoms with E-state index in [-0.39, 0.29) is 18.2 Å². The quantitative estimate of drug-likeness (QED) is 0.926. The molecule has 3 rings (SSSR count). The third-order valence-electron chi connectivity index (χ3n) is 3.26. The standard InChI is InChI=1S/C13H11BrFNO2/c14-10-5-12-9(4-11(10)15)7(6-17)3-13(18)16(12)8-1-2-8/h3-5,8,17H,1-2,6H2. The van der Waals surface area contributed by atoms with Gasteiger partial charge in [-0.25, -0.2) is 4.39 Å². The van der Waals surface area contributed by atoms with Crippen LogP contribution in [0.25, 0.3) is 10.9 Å². The minimum atomic E-state index is -0.391.